The molecule has 0 unspecified atom stereocenters. The van der Waals surface area contributed by atoms with Gasteiger partial charge in [0.25, 0.3) is 0 Å². The standard InChI is InChI=1S/C18H24N2O3/c1-12-4-3-5-13(10-12)15-11-16(15)17(21)19-14-6-8-20(9-7-14)18(22)23-2/h3-5,10,14-16H,6-9,11H2,1-2H3,(H,19,21)/t15-,16-/m0/s1. The number of hydrogen-bond acceptors (Lipinski definition) is 3. The fraction of sp³-hybridized carbons (Fsp3) is 0.556. The summed E-state index contributed by atoms with van der Waals surface area (Å²) in [5.41, 5.74) is 2.51. The lowest BCUT2D eigenvalue weighted by molar-refractivity contribution is -0.123. The number of carbonyl (C=O) groups excluding carboxylic acids is 2. The first-order valence-electron chi connectivity index (χ1n) is 8.28. The maximum atomic E-state index is 12.4. The van der Waals surface area contributed by atoms with Crippen LogP contribution in [0.2, 0.25) is 0 Å². The fourth-order valence-electron chi connectivity index (χ4n) is 3.40. The predicted molar refractivity (Wildman–Crippen MR) is 87.2 cm³/mol. The minimum atomic E-state index is -0.281. The summed E-state index contributed by atoms with van der Waals surface area (Å²) in [7, 11) is 1.40. The number of aryl methyl sites for hydroxylation is 1. The van der Waals surface area contributed by atoms with E-state index < -0.39 is 0 Å². The van der Waals surface area contributed by atoms with E-state index in [4.69, 9.17) is 4.74 Å². The van der Waals surface area contributed by atoms with Gasteiger partial charge in [-0.3, -0.25) is 4.79 Å². The zero-order valence-electron chi connectivity index (χ0n) is 13.7. The number of amides is 2. The van der Waals surface area contributed by atoms with Gasteiger partial charge in [-0.15, -0.1) is 0 Å². The molecular weight excluding hydrogens is 292 g/mol. The molecule has 2 amide bonds. The third-order valence-corrected chi connectivity index (χ3v) is 4.87. The van der Waals surface area contributed by atoms with Crippen molar-refractivity contribution in [3.8, 4) is 0 Å². The average Bonchev–Trinajstić information content (AvgIpc) is 3.35. The number of ether oxygens (including phenoxy) is 1. The van der Waals surface area contributed by atoms with Gasteiger partial charge >= 0.3 is 6.09 Å². The van der Waals surface area contributed by atoms with E-state index in [0.717, 1.165) is 19.3 Å². The summed E-state index contributed by atoms with van der Waals surface area (Å²) in [6.45, 7) is 3.36. The molecule has 0 bridgehead atoms. The van der Waals surface area contributed by atoms with Crippen LogP contribution in [0.3, 0.4) is 0 Å². The third kappa shape index (κ3) is 3.66. The first-order chi connectivity index (χ1) is 11.1. The summed E-state index contributed by atoms with van der Waals surface area (Å²) < 4.78 is 4.73. The highest BCUT2D eigenvalue weighted by Crippen LogP contribution is 2.47. The molecule has 2 fully saturated rings. The van der Waals surface area contributed by atoms with E-state index in [2.05, 4.69) is 36.5 Å². The van der Waals surface area contributed by atoms with Crippen molar-refractivity contribution in [2.45, 2.75) is 38.1 Å². The average molecular weight is 316 g/mol. The maximum Gasteiger partial charge on any atom is 0.409 e. The van der Waals surface area contributed by atoms with Crippen molar-refractivity contribution in [2.75, 3.05) is 20.2 Å². The topological polar surface area (TPSA) is 58.6 Å². The second-order valence-electron chi connectivity index (χ2n) is 6.60. The van der Waals surface area contributed by atoms with E-state index in [-0.39, 0.29) is 24.0 Å². The Bertz CT molecular complexity index is 594. The number of nitrogens with one attached hydrogen (secondary N) is 1. The molecule has 2 atom stereocenters. The van der Waals surface area contributed by atoms with Gasteiger partial charge in [0.1, 0.15) is 0 Å². The Kier molecular flexibility index (Phi) is 4.55. The van der Waals surface area contributed by atoms with E-state index in [0.29, 0.717) is 19.0 Å². The van der Waals surface area contributed by atoms with Gasteiger partial charge in [0, 0.05) is 25.0 Å². The molecule has 0 aromatic heterocycles. The van der Waals surface area contributed by atoms with Crippen molar-refractivity contribution < 1.29 is 14.3 Å². The minimum Gasteiger partial charge on any atom is -0.453 e. The molecule has 1 aliphatic carbocycles. The normalized spacial score (nSPS) is 24.2. The predicted octanol–water partition coefficient (Wildman–Crippen LogP) is 2.45. The number of hydrogen-bond donors (Lipinski definition) is 1. The third-order valence-electron chi connectivity index (χ3n) is 4.87. The number of nitrogens with zero attached hydrogens (tertiary/aromatic N) is 1. The largest absolute Gasteiger partial charge is 0.453 e. The molecule has 5 nitrogen and oxygen atoms in total. The van der Waals surface area contributed by atoms with E-state index in [1.807, 2.05) is 0 Å². The van der Waals surface area contributed by atoms with Gasteiger partial charge in [0.15, 0.2) is 0 Å². The lowest BCUT2D eigenvalue weighted by Crippen LogP contribution is -2.47. The summed E-state index contributed by atoms with van der Waals surface area (Å²) in [5, 5.41) is 3.15. The van der Waals surface area contributed by atoms with Crippen molar-refractivity contribution in [3.63, 3.8) is 0 Å². The molecule has 1 heterocycles. The lowest BCUT2D eigenvalue weighted by Gasteiger charge is -2.31. The zero-order chi connectivity index (χ0) is 16.4. The van der Waals surface area contributed by atoms with Crippen LogP contribution in [0.5, 0.6) is 0 Å². The Morgan fingerprint density at radius 2 is 2.00 bits per heavy atom. The van der Waals surface area contributed by atoms with Crippen LogP contribution in [0.4, 0.5) is 4.79 Å². The Morgan fingerprint density at radius 1 is 1.26 bits per heavy atom. The molecular formula is C18H24N2O3. The SMILES string of the molecule is COC(=O)N1CCC(NC(=O)[C@H]2C[C@H]2c2cccc(C)c2)CC1. The first-order valence-corrected chi connectivity index (χ1v) is 8.28. The minimum absolute atomic E-state index is 0.107. The number of rotatable bonds is 3. The van der Waals surface area contributed by atoms with Crippen LogP contribution in [0.15, 0.2) is 24.3 Å². The molecule has 3 rings (SSSR count). The van der Waals surface area contributed by atoms with E-state index in [1.165, 1.54) is 18.2 Å². The fourth-order valence-corrected chi connectivity index (χ4v) is 3.40. The number of carbonyl (C=O) groups is 2. The van der Waals surface area contributed by atoms with Gasteiger partial charge in [-0.05, 0) is 37.7 Å². The molecule has 23 heavy (non-hydrogen) atoms. The molecule has 0 spiro atoms. The van der Waals surface area contributed by atoms with Gasteiger partial charge in [-0.1, -0.05) is 29.8 Å². The summed E-state index contributed by atoms with van der Waals surface area (Å²) in [6, 6.07) is 8.59. The summed E-state index contributed by atoms with van der Waals surface area (Å²) in [5.74, 6) is 0.633. The summed E-state index contributed by atoms with van der Waals surface area (Å²) >= 11 is 0. The Hall–Kier alpha value is -2.04. The van der Waals surface area contributed by atoms with Crippen molar-refractivity contribution >= 4 is 12.0 Å². The van der Waals surface area contributed by atoms with Crippen LogP contribution in [-0.4, -0.2) is 43.1 Å². The van der Waals surface area contributed by atoms with E-state index >= 15 is 0 Å². The van der Waals surface area contributed by atoms with Crippen molar-refractivity contribution in [2.24, 2.45) is 5.92 Å². The molecule has 1 aromatic carbocycles. The van der Waals surface area contributed by atoms with Crippen molar-refractivity contribution in [3.05, 3.63) is 35.4 Å². The number of benzene rings is 1. The molecule has 1 N–H and O–H groups in total. The number of piperidine rings is 1. The lowest BCUT2D eigenvalue weighted by atomic mass is 10.0. The molecule has 1 saturated heterocycles. The van der Waals surface area contributed by atoms with E-state index in [9.17, 15) is 9.59 Å². The van der Waals surface area contributed by atoms with Gasteiger partial charge in [-0.2, -0.15) is 0 Å². The zero-order valence-corrected chi connectivity index (χ0v) is 13.7. The summed E-state index contributed by atoms with van der Waals surface area (Å²) in [4.78, 5) is 25.5. The molecule has 1 aliphatic heterocycles. The Labute approximate surface area is 137 Å². The molecule has 2 aliphatic rings. The monoisotopic (exact) mass is 316 g/mol. The van der Waals surface area contributed by atoms with Crippen molar-refractivity contribution in [1.82, 2.24) is 10.2 Å². The second kappa shape index (κ2) is 6.60. The van der Waals surface area contributed by atoms with Gasteiger partial charge in [0.2, 0.25) is 5.91 Å². The number of methoxy groups -OCH3 is 1. The van der Waals surface area contributed by atoms with Gasteiger partial charge in [-0.25, -0.2) is 4.79 Å². The molecule has 0 radical (unpaired) electrons. The summed E-state index contributed by atoms with van der Waals surface area (Å²) in [6.07, 6.45) is 2.25. The van der Waals surface area contributed by atoms with Gasteiger partial charge in [0.05, 0.1) is 7.11 Å². The second-order valence-corrected chi connectivity index (χ2v) is 6.60. The highest BCUT2D eigenvalue weighted by atomic mass is 16.5. The molecule has 124 valence electrons. The van der Waals surface area contributed by atoms with Crippen molar-refractivity contribution in [1.29, 1.82) is 0 Å². The van der Waals surface area contributed by atoms with Crippen LogP contribution in [-0.2, 0) is 9.53 Å². The highest BCUT2D eigenvalue weighted by Gasteiger charge is 2.44. The molecule has 1 aromatic rings. The van der Waals surface area contributed by atoms with Crippen LogP contribution in [0.1, 0.15) is 36.3 Å². The Morgan fingerprint density at radius 3 is 2.65 bits per heavy atom. The van der Waals surface area contributed by atoms with E-state index in [1.54, 1.807) is 4.90 Å². The molecule has 5 heteroatoms. The Balaban J connectivity index is 1.47. The smallest absolute Gasteiger partial charge is 0.409 e. The molecule has 1 saturated carbocycles. The van der Waals surface area contributed by atoms with Crippen LogP contribution >= 0.6 is 0 Å². The first kappa shape index (κ1) is 15.8. The quantitative estimate of drug-likeness (QED) is 0.932. The van der Waals surface area contributed by atoms with Crippen LogP contribution < -0.4 is 5.32 Å². The van der Waals surface area contributed by atoms with Crippen LogP contribution in [0.25, 0.3) is 0 Å². The number of likely N-dealkylation sites (tertiary alicyclic amines) is 1. The maximum absolute atomic E-state index is 12.4. The van der Waals surface area contributed by atoms with Gasteiger partial charge < -0.3 is 15.0 Å². The van der Waals surface area contributed by atoms with Crippen LogP contribution in [0, 0.1) is 12.8 Å². The highest BCUT2D eigenvalue weighted by molar-refractivity contribution is 5.83.